The molecule has 0 radical (unpaired) electrons. The lowest BCUT2D eigenvalue weighted by molar-refractivity contribution is 0.0951. The van der Waals surface area contributed by atoms with Gasteiger partial charge < -0.3 is 10.6 Å². The van der Waals surface area contributed by atoms with E-state index in [1.807, 2.05) is 25.1 Å². The van der Waals surface area contributed by atoms with E-state index in [-0.39, 0.29) is 5.91 Å². The standard InChI is InChI=1S/C19H22BrN3O/c1-11-17(19(24)22-10-14-3-2-8-21-14)15-9-13(20)6-7-16(15)23-18(11)12-4-5-12/h6-7,9,12,14,21H,2-5,8,10H2,1H3,(H,22,24). The first-order valence-corrected chi connectivity index (χ1v) is 9.54. The van der Waals surface area contributed by atoms with Gasteiger partial charge in [0.2, 0.25) is 0 Å². The van der Waals surface area contributed by atoms with Gasteiger partial charge in [0, 0.05) is 34.1 Å². The molecule has 0 spiro atoms. The van der Waals surface area contributed by atoms with Gasteiger partial charge in [-0.15, -0.1) is 0 Å². The Labute approximate surface area is 150 Å². The van der Waals surface area contributed by atoms with E-state index in [9.17, 15) is 4.79 Å². The molecule has 2 aliphatic rings. The van der Waals surface area contributed by atoms with Crippen LogP contribution in [0.15, 0.2) is 22.7 Å². The van der Waals surface area contributed by atoms with Crippen LogP contribution >= 0.6 is 15.9 Å². The molecule has 24 heavy (non-hydrogen) atoms. The quantitative estimate of drug-likeness (QED) is 0.841. The van der Waals surface area contributed by atoms with Crippen molar-refractivity contribution < 1.29 is 4.79 Å². The molecule has 2 fully saturated rings. The van der Waals surface area contributed by atoms with Gasteiger partial charge in [0.1, 0.15) is 0 Å². The number of hydrogen-bond acceptors (Lipinski definition) is 3. The van der Waals surface area contributed by atoms with Crippen LogP contribution in [0.3, 0.4) is 0 Å². The number of hydrogen-bond donors (Lipinski definition) is 2. The molecule has 1 amide bonds. The van der Waals surface area contributed by atoms with Crippen LogP contribution < -0.4 is 10.6 Å². The summed E-state index contributed by atoms with van der Waals surface area (Å²) >= 11 is 3.52. The molecule has 1 aliphatic carbocycles. The number of rotatable bonds is 4. The number of nitrogens with zero attached hydrogens (tertiary/aromatic N) is 1. The van der Waals surface area contributed by atoms with Crippen LogP contribution in [0.5, 0.6) is 0 Å². The molecule has 1 unspecified atom stereocenters. The van der Waals surface area contributed by atoms with Crippen molar-refractivity contribution in [1.29, 1.82) is 0 Å². The number of benzene rings is 1. The minimum absolute atomic E-state index is 0.0219. The predicted molar refractivity (Wildman–Crippen MR) is 99.5 cm³/mol. The van der Waals surface area contributed by atoms with E-state index >= 15 is 0 Å². The fourth-order valence-electron chi connectivity index (χ4n) is 3.63. The third-order valence-corrected chi connectivity index (χ3v) is 5.58. The van der Waals surface area contributed by atoms with Crippen molar-refractivity contribution in [3.05, 3.63) is 39.5 Å². The van der Waals surface area contributed by atoms with Crippen LogP contribution in [0.25, 0.3) is 10.9 Å². The van der Waals surface area contributed by atoms with Crippen LogP contribution in [0, 0.1) is 6.92 Å². The minimum atomic E-state index is 0.0219. The summed E-state index contributed by atoms with van der Waals surface area (Å²) in [5, 5.41) is 7.50. The summed E-state index contributed by atoms with van der Waals surface area (Å²) < 4.78 is 0.974. The molecule has 2 N–H and O–H groups in total. The highest BCUT2D eigenvalue weighted by atomic mass is 79.9. The molecule has 1 aromatic carbocycles. The molecule has 2 aromatic rings. The Morgan fingerprint density at radius 2 is 2.21 bits per heavy atom. The molecule has 1 aliphatic heterocycles. The fraction of sp³-hybridized carbons (Fsp3) is 0.474. The molecule has 126 valence electrons. The molecule has 2 heterocycles. The summed E-state index contributed by atoms with van der Waals surface area (Å²) in [6.07, 6.45) is 4.69. The maximum absolute atomic E-state index is 13.0. The second-order valence-corrected chi connectivity index (χ2v) is 7.85. The number of carbonyl (C=O) groups excluding carboxylic acids is 1. The van der Waals surface area contributed by atoms with Crippen molar-refractivity contribution in [3.8, 4) is 0 Å². The number of aromatic nitrogens is 1. The van der Waals surface area contributed by atoms with E-state index in [4.69, 9.17) is 4.98 Å². The second kappa shape index (κ2) is 6.45. The number of fused-ring (bicyclic) bond motifs is 1. The smallest absolute Gasteiger partial charge is 0.252 e. The predicted octanol–water partition coefficient (Wildman–Crippen LogP) is 3.66. The first kappa shape index (κ1) is 16.0. The van der Waals surface area contributed by atoms with E-state index in [2.05, 4.69) is 26.6 Å². The summed E-state index contributed by atoms with van der Waals surface area (Å²) in [6, 6.07) is 6.40. The molecule has 0 bridgehead atoms. The topological polar surface area (TPSA) is 54.0 Å². The van der Waals surface area contributed by atoms with E-state index < -0.39 is 0 Å². The third-order valence-electron chi connectivity index (χ3n) is 5.09. The lowest BCUT2D eigenvalue weighted by atomic mass is 9.98. The van der Waals surface area contributed by atoms with E-state index in [0.29, 0.717) is 18.5 Å². The number of nitrogens with one attached hydrogen (secondary N) is 2. The Morgan fingerprint density at radius 1 is 1.38 bits per heavy atom. The van der Waals surface area contributed by atoms with Gasteiger partial charge in [-0.2, -0.15) is 0 Å². The summed E-state index contributed by atoms with van der Waals surface area (Å²) in [5.41, 5.74) is 3.85. The first-order valence-electron chi connectivity index (χ1n) is 8.75. The van der Waals surface area contributed by atoms with E-state index in [1.165, 1.54) is 19.3 Å². The van der Waals surface area contributed by atoms with Gasteiger partial charge in [0.05, 0.1) is 11.1 Å². The van der Waals surface area contributed by atoms with Gasteiger partial charge in [-0.25, -0.2) is 0 Å². The second-order valence-electron chi connectivity index (χ2n) is 6.94. The monoisotopic (exact) mass is 387 g/mol. The Hall–Kier alpha value is -1.46. The highest BCUT2D eigenvalue weighted by Gasteiger charge is 2.30. The maximum atomic E-state index is 13.0. The largest absolute Gasteiger partial charge is 0.350 e. The molecule has 5 heteroatoms. The Kier molecular flexibility index (Phi) is 4.31. The number of carbonyl (C=O) groups is 1. The lowest BCUT2D eigenvalue weighted by Gasteiger charge is -2.16. The van der Waals surface area contributed by atoms with Crippen molar-refractivity contribution in [3.63, 3.8) is 0 Å². The highest BCUT2D eigenvalue weighted by molar-refractivity contribution is 9.10. The first-order chi connectivity index (χ1) is 11.6. The summed E-state index contributed by atoms with van der Waals surface area (Å²) in [4.78, 5) is 17.8. The van der Waals surface area contributed by atoms with Crippen LogP contribution in [0.4, 0.5) is 0 Å². The van der Waals surface area contributed by atoms with Crippen molar-refractivity contribution in [2.24, 2.45) is 0 Å². The third kappa shape index (κ3) is 3.07. The number of halogens is 1. The lowest BCUT2D eigenvalue weighted by Crippen LogP contribution is -2.37. The zero-order valence-electron chi connectivity index (χ0n) is 13.9. The van der Waals surface area contributed by atoms with Gasteiger partial charge in [0.15, 0.2) is 0 Å². The average Bonchev–Trinajstić information content (AvgIpc) is 3.27. The molecular weight excluding hydrogens is 366 g/mol. The van der Waals surface area contributed by atoms with Crippen molar-refractivity contribution in [1.82, 2.24) is 15.6 Å². The van der Waals surface area contributed by atoms with Crippen molar-refractivity contribution in [2.75, 3.05) is 13.1 Å². The number of pyridine rings is 1. The molecule has 1 saturated heterocycles. The molecule has 4 rings (SSSR count). The fourth-order valence-corrected chi connectivity index (χ4v) is 3.99. The van der Waals surface area contributed by atoms with Crippen LogP contribution in [-0.2, 0) is 0 Å². The molecule has 1 aromatic heterocycles. The Bertz CT molecular complexity index is 795. The zero-order chi connectivity index (χ0) is 16.7. The van der Waals surface area contributed by atoms with E-state index in [0.717, 1.165) is 45.2 Å². The van der Waals surface area contributed by atoms with Crippen molar-refractivity contribution >= 4 is 32.7 Å². The molecule has 1 saturated carbocycles. The highest BCUT2D eigenvalue weighted by Crippen LogP contribution is 2.42. The van der Waals surface area contributed by atoms with Gasteiger partial charge in [-0.1, -0.05) is 15.9 Å². The van der Waals surface area contributed by atoms with Gasteiger partial charge >= 0.3 is 0 Å². The summed E-state index contributed by atoms with van der Waals surface area (Å²) in [6.45, 7) is 3.79. The van der Waals surface area contributed by atoms with Gasteiger partial charge in [-0.3, -0.25) is 9.78 Å². The molecule has 4 nitrogen and oxygen atoms in total. The van der Waals surface area contributed by atoms with Crippen LogP contribution in [0.2, 0.25) is 0 Å². The summed E-state index contributed by atoms with van der Waals surface area (Å²) in [7, 11) is 0. The van der Waals surface area contributed by atoms with Gasteiger partial charge in [0.25, 0.3) is 5.91 Å². The van der Waals surface area contributed by atoms with Crippen LogP contribution in [0.1, 0.15) is 53.2 Å². The normalized spacial score (nSPS) is 20.5. The van der Waals surface area contributed by atoms with Gasteiger partial charge in [-0.05, 0) is 62.9 Å². The maximum Gasteiger partial charge on any atom is 0.252 e. The SMILES string of the molecule is Cc1c(C2CC2)nc2ccc(Br)cc2c1C(=O)NCC1CCCN1. The molecule has 1 atom stereocenters. The Morgan fingerprint density at radius 3 is 2.92 bits per heavy atom. The zero-order valence-corrected chi connectivity index (χ0v) is 15.4. The van der Waals surface area contributed by atoms with E-state index in [1.54, 1.807) is 0 Å². The minimum Gasteiger partial charge on any atom is -0.350 e. The van der Waals surface area contributed by atoms with Crippen LogP contribution in [-0.4, -0.2) is 30.0 Å². The molecular formula is C19H22BrN3O. The number of amides is 1. The Balaban J connectivity index is 1.72. The summed E-state index contributed by atoms with van der Waals surface area (Å²) in [5.74, 6) is 0.551. The van der Waals surface area contributed by atoms with Crippen molar-refractivity contribution in [2.45, 2.75) is 44.6 Å². The average molecular weight is 388 g/mol.